The third-order valence-electron chi connectivity index (χ3n) is 3.65. The largest absolute Gasteiger partial charge is 0.484 e. The van der Waals surface area contributed by atoms with Gasteiger partial charge in [-0.25, -0.2) is 4.39 Å². The first-order chi connectivity index (χ1) is 11.4. The highest BCUT2D eigenvalue weighted by molar-refractivity contribution is 5.77. The van der Waals surface area contributed by atoms with Gasteiger partial charge in [0.25, 0.3) is 5.91 Å². The van der Waals surface area contributed by atoms with Crippen LogP contribution in [0.5, 0.6) is 5.75 Å². The minimum absolute atomic E-state index is 0.144. The van der Waals surface area contributed by atoms with Gasteiger partial charge in [-0.2, -0.15) is 0 Å². The average molecular weight is 331 g/mol. The second-order valence-electron chi connectivity index (χ2n) is 6.00. The fourth-order valence-electron chi connectivity index (χ4n) is 2.17. The topological polar surface area (TPSA) is 58.6 Å². The Morgan fingerprint density at radius 1 is 1.17 bits per heavy atom. The van der Waals surface area contributed by atoms with Crippen LogP contribution in [0.4, 0.5) is 4.39 Å². The molecule has 0 saturated carbocycles. The Balaban J connectivity index is 1.70. The molecule has 0 radical (unpaired) electrons. The molecule has 24 heavy (non-hydrogen) atoms. The average Bonchev–Trinajstić information content (AvgIpc) is 2.59. The summed E-state index contributed by atoms with van der Waals surface area (Å²) in [5.74, 6) is -0.275. The SMILES string of the molecule is C[C@](O)(CCc1ccccc1)CNC(=O)COc1ccc(F)cc1. The Kier molecular flexibility index (Phi) is 6.32. The summed E-state index contributed by atoms with van der Waals surface area (Å²) in [7, 11) is 0. The van der Waals surface area contributed by atoms with Crippen molar-refractivity contribution < 1.29 is 19.0 Å². The van der Waals surface area contributed by atoms with Crippen LogP contribution in [0.3, 0.4) is 0 Å². The highest BCUT2D eigenvalue weighted by Crippen LogP contribution is 2.13. The lowest BCUT2D eigenvalue weighted by Crippen LogP contribution is -2.42. The summed E-state index contributed by atoms with van der Waals surface area (Å²) in [4.78, 5) is 11.8. The van der Waals surface area contributed by atoms with Crippen molar-refractivity contribution >= 4 is 5.91 Å². The zero-order chi connectivity index (χ0) is 17.4. The number of aliphatic hydroxyl groups is 1. The van der Waals surface area contributed by atoms with E-state index in [2.05, 4.69) is 5.32 Å². The fourth-order valence-corrected chi connectivity index (χ4v) is 2.17. The van der Waals surface area contributed by atoms with Crippen LogP contribution in [0, 0.1) is 5.82 Å². The number of carbonyl (C=O) groups excluding carboxylic acids is 1. The van der Waals surface area contributed by atoms with Crippen molar-refractivity contribution in [3.63, 3.8) is 0 Å². The van der Waals surface area contributed by atoms with Crippen molar-refractivity contribution in [3.8, 4) is 5.75 Å². The first kappa shape index (κ1) is 17.9. The molecule has 0 aliphatic heterocycles. The zero-order valence-corrected chi connectivity index (χ0v) is 13.7. The summed E-state index contributed by atoms with van der Waals surface area (Å²) in [6.07, 6.45) is 1.27. The van der Waals surface area contributed by atoms with Gasteiger partial charge < -0.3 is 15.2 Å². The van der Waals surface area contributed by atoms with Crippen LogP contribution in [0.15, 0.2) is 54.6 Å². The van der Waals surface area contributed by atoms with Crippen molar-refractivity contribution in [3.05, 3.63) is 66.0 Å². The van der Waals surface area contributed by atoms with Crippen LogP contribution < -0.4 is 10.1 Å². The van der Waals surface area contributed by atoms with E-state index >= 15 is 0 Å². The van der Waals surface area contributed by atoms with Gasteiger partial charge in [0.05, 0.1) is 5.60 Å². The molecule has 5 heteroatoms. The number of rotatable bonds is 8. The molecule has 0 bridgehead atoms. The Hall–Kier alpha value is -2.40. The van der Waals surface area contributed by atoms with Crippen molar-refractivity contribution in [1.82, 2.24) is 5.32 Å². The van der Waals surface area contributed by atoms with E-state index in [1.807, 2.05) is 30.3 Å². The molecule has 0 aliphatic rings. The number of amides is 1. The first-order valence-corrected chi connectivity index (χ1v) is 7.86. The minimum atomic E-state index is -0.999. The second-order valence-corrected chi connectivity index (χ2v) is 6.00. The number of carbonyl (C=O) groups is 1. The lowest BCUT2D eigenvalue weighted by Gasteiger charge is -2.23. The van der Waals surface area contributed by atoms with E-state index in [0.717, 1.165) is 12.0 Å². The number of hydrogen-bond donors (Lipinski definition) is 2. The maximum Gasteiger partial charge on any atom is 0.258 e. The van der Waals surface area contributed by atoms with Crippen molar-refractivity contribution in [1.29, 1.82) is 0 Å². The molecule has 4 nitrogen and oxygen atoms in total. The van der Waals surface area contributed by atoms with Gasteiger partial charge in [0, 0.05) is 6.54 Å². The molecule has 0 aliphatic carbocycles. The Labute approximate surface area is 141 Å². The Bertz CT molecular complexity index is 641. The monoisotopic (exact) mass is 331 g/mol. The number of benzene rings is 2. The van der Waals surface area contributed by atoms with Gasteiger partial charge in [0.2, 0.25) is 0 Å². The predicted octanol–water partition coefficient (Wildman–Crippen LogP) is 2.70. The summed E-state index contributed by atoms with van der Waals surface area (Å²) in [6, 6.07) is 15.3. The number of hydrogen-bond acceptors (Lipinski definition) is 3. The van der Waals surface area contributed by atoms with Gasteiger partial charge in [-0.05, 0) is 49.6 Å². The van der Waals surface area contributed by atoms with Gasteiger partial charge in [0.1, 0.15) is 11.6 Å². The highest BCUT2D eigenvalue weighted by Gasteiger charge is 2.21. The molecule has 128 valence electrons. The van der Waals surface area contributed by atoms with Crippen LogP contribution in [0.2, 0.25) is 0 Å². The molecule has 2 aromatic carbocycles. The number of nitrogens with one attached hydrogen (secondary N) is 1. The molecule has 0 fully saturated rings. The van der Waals surface area contributed by atoms with E-state index in [1.165, 1.54) is 24.3 Å². The molecule has 0 heterocycles. The van der Waals surface area contributed by atoms with E-state index < -0.39 is 5.60 Å². The molecule has 0 spiro atoms. The third kappa shape index (κ3) is 6.38. The van der Waals surface area contributed by atoms with Gasteiger partial charge in [0.15, 0.2) is 6.61 Å². The summed E-state index contributed by atoms with van der Waals surface area (Å²) in [5.41, 5.74) is 0.144. The summed E-state index contributed by atoms with van der Waals surface area (Å²) in [5, 5.41) is 13.0. The second kappa shape index (κ2) is 8.45. The Morgan fingerprint density at radius 3 is 2.50 bits per heavy atom. The third-order valence-corrected chi connectivity index (χ3v) is 3.65. The van der Waals surface area contributed by atoms with E-state index in [-0.39, 0.29) is 24.9 Å². The smallest absolute Gasteiger partial charge is 0.258 e. The van der Waals surface area contributed by atoms with Gasteiger partial charge in [-0.1, -0.05) is 30.3 Å². The van der Waals surface area contributed by atoms with E-state index in [4.69, 9.17) is 4.74 Å². The lowest BCUT2D eigenvalue weighted by atomic mass is 9.97. The van der Waals surface area contributed by atoms with E-state index in [9.17, 15) is 14.3 Å². The minimum Gasteiger partial charge on any atom is -0.484 e. The quantitative estimate of drug-likeness (QED) is 0.782. The van der Waals surface area contributed by atoms with Gasteiger partial charge in [-0.15, -0.1) is 0 Å². The molecule has 1 amide bonds. The molecule has 1 atom stereocenters. The molecule has 2 rings (SSSR count). The Morgan fingerprint density at radius 2 is 1.83 bits per heavy atom. The summed E-state index contributed by atoms with van der Waals surface area (Å²) in [6.45, 7) is 1.66. The molecule has 2 N–H and O–H groups in total. The van der Waals surface area contributed by atoms with Gasteiger partial charge in [-0.3, -0.25) is 4.79 Å². The lowest BCUT2D eigenvalue weighted by molar-refractivity contribution is -0.124. The van der Waals surface area contributed by atoms with Crippen LogP contribution >= 0.6 is 0 Å². The maximum atomic E-state index is 12.8. The van der Waals surface area contributed by atoms with Crippen molar-refractivity contribution in [2.45, 2.75) is 25.4 Å². The molecular weight excluding hydrogens is 309 g/mol. The van der Waals surface area contributed by atoms with Crippen LogP contribution in [0.25, 0.3) is 0 Å². The highest BCUT2D eigenvalue weighted by atomic mass is 19.1. The van der Waals surface area contributed by atoms with Crippen LogP contribution in [-0.2, 0) is 11.2 Å². The van der Waals surface area contributed by atoms with Crippen molar-refractivity contribution in [2.75, 3.05) is 13.2 Å². The zero-order valence-electron chi connectivity index (χ0n) is 13.7. The summed E-state index contributed by atoms with van der Waals surface area (Å²) >= 11 is 0. The van der Waals surface area contributed by atoms with Gasteiger partial charge >= 0.3 is 0 Å². The molecule has 0 saturated heterocycles. The van der Waals surface area contributed by atoms with E-state index in [0.29, 0.717) is 12.2 Å². The van der Waals surface area contributed by atoms with Crippen LogP contribution in [-0.4, -0.2) is 29.8 Å². The molecular formula is C19H22FNO3. The molecule has 0 aromatic heterocycles. The van der Waals surface area contributed by atoms with E-state index in [1.54, 1.807) is 6.92 Å². The number of ether oxygens (including phenoxy) is 1. The fraction of sp³-hybridized carbons (Fsp3) is 0.316. The molecule has 0 unspecified atom stereocenters. The molecule has 2 aromatic rings. The number of aryl methyl sites for hydroxylation is 1. The first-order valence-electron chi connectivity index (χ1n) is 7.86. The number of halogens is 1. The predicted molar refractivity (Wildman–Crippen MR) is 90.3 cm³/mol. The van der Waals surface area contributed by atoms with Crippen molar-refractivity contribution in [2.24, 2.45) is 0 Å². The van der Waals surface area contributed by atoms with Crippen LogP contribution in [0.1, 0.15) is 18.9 Å². The normalized spacial score (nSPS) is 13.1. The summed E-state index contributed by atoms with van der Waals surface area (Å²) < 4.78 is 18.0. The standard InChI is InChI=1S/C19H22FNO3/c1-19(23,12-11-15-5-3-2-4-6-15)14-21-18(22)13-24-17-9-7-16(20)8-10-17/h2-10,23H,11-14H2,1H3,(H,21,22)/t19-/m0/s1. The maximum absolute atomic E-state index is 12.8.